The van der Waals surface area contributed by atoms with E-state index in [-0.39, 0.29) is 6.09 Å². The number of nitrogens with one attached hydrogen (secondary N) is 1. The van der Waals surface area contributed by atoms with Crippen LogP contribution in [-0.4, -0.2) is 64.5 Å². The van der Waals surface area contributed by atoms with Gasteiger partial charge in [0, 0.05) is 31.9 Å². The molecular weight excluding hydrogens is 326 g/mol. The first kappa shape index (κ1) is 18.1. The van der Waals surface area contributed by atoms with Crippen molar-refractivity contribution in [2.24, 2.45) is 5.10 Å². The molecule has 1 N–H and O–H groups in total. The highest BCUT2D eigenvalue weighted by molar-refractivity contribution is 7.80. The van der Waals surface area contributed by atoms with Gasteiger partial charge in [-0.2, -0.15) is 5.10 Å². The van der Waals surface area contributed by atoms with Gasteiger partial charge in [-0.15, -0.1) is 0 Å². The van der Waals surface area contributed by atoms with Crippen molar-refractivity contribution in [3.8, 4) is 0 Å². The lowest BCUT2D eigenvalue weighted by molar-refractivity contribution is 0.0919. The van der Waals surface area contributed by atoms with Crippen LogP contribution in [0.1, 0.15) is 25.2 Å². The van der Waals surface area contributed by atoms with E-state index in [9.17, 15) is 4.79 Å². The number of hydrogen-bond acceptors (Lipinski definition) is 5. The Bertz CT molecular complexity index is 627. The van der Waals surface area contributed by atoms with Gasteiger partial charge < -0.3 is 14.5 Å². The predicted octanol–water partition coefficient (Wildman–Crippen LogP) is 1.76. The number of hydrogen-bond donors (Lipinski definition) is 1. The van der Waals surface area contributed by atoms with Gasteiger partial charge in [0.25, 0.3) is 0 Å². The van der Waals surface area contributed by atoms with E-state index >= 15 is 0 Å². The number of pyridine rings is 1. The molecule has 7 nitrogen and oxygen atoms in total. The largest absolute Gasteiger partial charge is 0.450 e. The van der Waals surface area contributed by atoms with Crippen LogP contribution in [0.4, 0.5) is 4.79 Å². The summed E-state index contributed by atoms with van der Waals surface area (Å²) in [4.78, 5) is 19.8. The van der Waals surface area contributed by atoms with Crippen LogP contribution in [0.25, 0.3) is 0 Å². The van der Waals surface area contributed by atoms with Crippen LogP contribution in [0.2, 0.25) is 0 Å². The number of nitrogens with zero attached hydrogens (tertiary/aromatic N) is 4. The van der Waals surface area contributed by atoms with Crippen LogP contribution in [0.5, 0.6) is 0 Å². The number of aryl methyl sites for hydroxylation is 1. The minimum absolute atomic E-state index is 0.268. The molecule has 0 spiro atoms. The van der Waals surface area contributed by atoms with Gasteiger partial charge in [-0.1, -0.05) is 6.07 Å². The lowest BCUT2D eigenvalue weighted by Gasteiger charge is -2.34. The zero-order valence-corrected chi connectivity index (χ0v) is 15.1. The smallest absolute Gasteiger partial charge is 0.409 e. The van der Waals surface area contributed by atoms with E-state index in [0.717, 1.165) is 17.1 Å². The van der Waals surface area contributed by atoms with E-state index in [1.165, 1.54) is 0 Å². The molecule has 2 heterocycles. The maximum absolute atomic E-state index is 11.7. The van der Waals surface area contributed by atoms with Crippen LogP contribution in [0, 0.1) is 6.92 Å². The van der Waals surface area contributed by atoms with Gasteiger partial charge in [-0.3, -0.25) is 10.4 Å². The highest BCUT2D eigenvalue weighted by Crippen LogP contribution is 2.05. The summed E-state index contributed by atoms with van der Waals surface area (Å²) >= 11 is 5.38. The summed E-state index contributed by atoms with van der Waals surface area (Å²) in [6, 6.07) is 5.80. The molecule has 1 aliphatic heterocycles. The first-order valence-corrected chi connectivity index (χ1v) is 8.37. The van der Waals surface area contributed by atoms with Crippen LogP contribution < -0.4 is 5.43 Å². The Morgan fingerprint density at radius 2 is 2.00 bits per heavy atom. The fraction of sp³-hybridized carbons (Fsp3) is 0.500. The van der Waals surface area contributed by atoms with Crippen LogP contribution in [0.15, 0.2) is 23.3 Å². The number of ether oxygens (including phenoxy) is 1. The van der Waals surface area contributed by atoms with Crippen molar-refractivity contribution >= 4 is 29.1 Å². The molecule has 1 amide bonds. The molecule has 0 aromatic carbocycles. The molecule has 0 aliphatic carbocycles. The van der Waals surface area contributed by atoms with Crippen molar-refractivity contribution < 1.29 is 9.53 Å². The second-order valence-electron chi connectivity index (χ2n) is 5.45. The summed E-state index contributed by atoms with van der Waals surface area (Å²) in [5, 5.41) is 4.86. The van der Waals surface area contributed by atoms with Crippen molar-refractivity contribution in [2.75, 3.05) is 32.8 Å². The van der Waals surface area contributed by atoms with Crippen LogP contribution in [0.3, 0.4) is 0 Å². The Kier molecular flexibility index (Phi) is 6.48. The molecule has 0 bridgehead atoms. The summed E-state index contributed by atoms with van der Waals surface area (Å²) in [6.07, 6.45) is -0.268. The molecular formula is C16H23N5O2S. The van der Waals surface area contributed by atoms with E-state index < -0.39 is 0 Å². The Labute approximate surface area is 147 Å². The maximum Gasteiger partial charge on any atom is 0.409 e. The summed E-state index contributed by atoms with van der Waals surface area (Å²) in [7, 11) is 0. The van der Waals surface area contributed by atoms with Gasteiger partial charge in [0.2, 0.25) is 0 Å². The lowest BCUT2D eigenvalue weighted by Crippen LogP contribution is -2.52. The number of carbonyl (C=O) groups excluding carboxylic acids is 1. The molecule has 1 aromatic rings. The van der Waals surface area contributed by atoms with E-state index in [1.807, 2.05) is 36.9 Å². The molecule has 0 atom stereocenters. The monoisotopic (exact) mass is 349 g/mol. The summed E-state index contributed by atoms with van der Waals surface area (Å²) in [5.41, 5.74) is 5.44. The van der Waals surface area contributed by atoms with Gasteiger partial charge in [0.15, 0.2) is 5.11 Å². The Hall–Kier alpha value is -2.22. The van der Waals surface area contributed by atoms with E-state index in [4.69, 9.17) is 17.0 Å². The minimum atomic E-state index is -0.268. The number of thiocarbonyl (C=S) groups is 1. The highest BCUT2D eigenvalue weighted by atomic mass is 32.1. The quantitative estimate of drug-likeness (QED) is 0.509. The average molecular weight is 349 g/mol. The normalized spacial score (nSPS) is 15.2. The Morgan fingerprint density at radius 1 is 1.33 bits per heavy atom. The number of piperazine rings is 1. The SMILES string of the molecule is CCOC(=O)N1CCN(C(=S)N/N=C(\C)c2cccc(C)n2)CC1. The molecule has 1 aliphatic rings. The Morgan fingerprint density at radius 3 is 2.62 bits per heavy atom. The number of rotatable bonds is 3. The first-order valence-electron chi connectivity index (χ1n) is 7.96. The summed E-state index contributed by atoms with van der Waals surface area (Å²) in [6.45, 7) is 8.50. The summed E-state index contributed by atoms with van der Waals surface area (Å²) in [5.74, 6) is 0. The van der Waals surface area contributed by atoms with E-state index in [2.05, 4.69) is 15.5 Å². The van der Waals surface area contributed by atoms with Crippen molar-refractivity contribution in [1.82, 2.24) is 20.2 Å². The van der Waals surface area contributed by atoms with Crippen LogP contribution in [-0.2, 0) is 4.74 Å². The van der Waals surface area contributed by atoms with Crippen molar-refractivity contribution in [3.63, 3.8) is 0 Å². The standard InChI is InChI=1S/C16H23N5O2S/c1-4-23-16(22)21-10-8-20(9-11-21)15(24)19-18-13(3)14-7-5-6-12(2)17-14/h5-7H,4,8-11H2,1-3H3,(H,19,24)/b18-13+. The van der Waals surface area contributed by atoms with Gasteiger partial charge in [-0.25, -0.2) is 4.79 Å². The van der Waals surface area contributed by atoms with E-state index in [0.29, 0.717) is 37.9 Å². The number of aromatic nitrogens is 1. The fourth-order valence-corrected chi connectivity index (χ4v) is 2.54. The van der Waals surface area contributed by atoms with Gasteiger partial charge in [0.05, 0.1) is 18.0 Å². The predicted molar refractivity (Wildman–Crippen MR) is 97.1 cm³/mol. The van der Waals surface area contributed by atoms with E-state index in [1.54, 1.807) is 11.8 Å². The molecule has 8 heteroatoms. The second-order valence-corrected chi connectivity index (χ2v) is 5.84. The molecule has 0 saturated carbocycles. The topological polar surface area (TPSA) is 70.1 Å². The average Bonchev–Trinajstić information content (AvgIpc) is 2.59. The van der Waals surface area contributed by atoms with Crippen molar-refractivity contribution in [1.29, 1.82) is 0 Å². The van der Waals surface area contributed by atoms with Gasteiger partial charge >= 0.3 is 6.09 Å². The second kappa shape index (κ2) is 8.58. The molecule has 1 fully saturated rings. The first-order chi connectivity index (χ1) is 11.5. The molecule has 2 rings (SSSR count). The molecule has 24 heavy (non-hydrogen) atoms. The molecule has 1 saturated heterocycles. The number of carbonyl (C=O) groups is 1. The zero-order valence-electron chi connectivity index (χ0n) is 14.3. The zero-order chi connectivity index (χ0) is 17.5. The molecule has 1 aromatic heterocycles. The molecule has 0 unspecified atom stereocenters. The third-order valence-corrected chi connectivity index (χ3v) is 4.02. The third kappa shape index (κ3) is 4.89. The number of amides is 1. The molecule has 130 valence electrons. The summed E-state index contributed by atoms with van der Waals surface area (Å²) < 4.78 is 5.01. The number of hydrazone groups is 1. The van der Waals surface area contributed by atoms with Crippen LogP contribution >= 0.6 is 12.2 Å². The van der Waals surface area contributed by atoms with Crippen molar-refractivity contribution in [3.05, 3.63) is 29.6 Å². The highest BCUT2D eigenvalue weighted by Gasteiger charge is 2.23. The minimum Gasteiger partial charge on any atom is -0.450 e. The fourth-order valence-electron chi connectivity index (χ4n) is 2.31. The van der Waals surface area contributed by atoms with Gasteiger partial charge in [-0.05, 0) is 45.1 Å². The third-order valence-electron chi connectivity index (χ3n) is 3.67. The lowest BCUT2D eigenvalue weighted by atomic mass is 10.2. The molecule has 0 radical (unpaired) electrons. The van der Waals surface area contributed by atoms with Gasteiger partial charge in [0.1, 0.15) is 0 Å². The van der Waals surface area contributed by atoms with Crippen molar-refractivity contribution in [2.45, 2.75) is 20.8 Å². The Balaban J connectivity index is 1.85. The maximum atomic E-state index is 11.7.